The van der Waals surface area contributed by atoms with Crippen molar-refractivity contribution in [1.29, 1.82) is 0 Å². The van der Waals surface area contributed by atoms with Crippen molar-refractivity contribution in [3.63, 3.8) is 0 Å². The Balaban J connectivity index is 2.60. The molecule has 0 N–H and O–H groups in total. The Bertz CT molecular complexity index is 350. The second kappa shape index (κ2) is 6.28. The third-order valence-corrected chi connectivity index (χ3v) is 2.42. The maximum absolute atomic E-state index is 11.8. The van der Waals surface area contributed by atoms with E-state index in [2.05, 4.69) is 0 Å². The maximum Gasteiger partial charge on any atom is 0.252 e. The molecule has 3 heteroatoms. The van der Waals surface area contributed by atoms with Gasteiger partial charge < -0.3 is 9.64 Å². The lowest BCUT2D eigenvalue weighted by molar-refractivity contribution is -0.122. The molecule has 0 radical (unpaired) electrons. The van der Waals surface area contributed by atoms with Gasteiger partial charge in [0.2, 0.25) is 0 Å². The summed E-state index contributed by atoms with van der Waals surface area (Å²) in [6, 6.07) is 7.82. The minimum atomic E-state index is -0.0113. The van der Waals surface area contributed by atoms with E-state index in [9.17, 15) is 4.79 Å². The molecule has 0 aliphatic carbocycles. The van der Waals surface area contributed by atoms with E-state index in [0.29, 0.717) is 6.61 Å². The zero-order chi connectivity index (χ0) is 12.0. The highest BCUT2D eigenvalue weighted by atomic mass is 16.5. The number of carbonyl (C=O) groups is 1. The van der Waals surface area contributed by atoms with E-state index in [1.165, 1.54) is 0 Å². The van der Waals surface area contributed by atoms with Gasteiger partial charge in [-0.25, -0.2) is 0 Å². The second-order valence-corrected chi connectivity index (χ2v) is 3.79. The standard InChI is InChI=1S/C13H19NO2/c1-4-9-16-10-13(15)14(3)12-8-6-5-7-11(12)2/h5-8H,4,9-10H2,1-3H3. The first-order valence-electron chi connectivity index (χ1n) is 5.56. The highest BCUT2D eigenvalue weighted by Crippen LogP contribution is 2.17. The average molecular weight is 221 g/mol. The van der Waals surface area contributed by atoms with Gasteiger partial charge in [0.1, 0.15) is 6.61 Å². The Hall–Kier alpha value is -1.35. The third-order valence-electron chi connectivity index (χ3n) is 2.42. The summed E-state index contributed by atoms with van der Waals surface area (Å²) in [5.74, 6) is -0.0113. The number of carbonyl (C=O) groups excluding carboxylic acids is 1. The number of hydrogen-bond acceptors (Lipinski definition) is 2. The molecule has 3 nitrogen and oxygen atoms in total. The number of ether oxygens (including phenoxy) is 1. The predicted octanol–water partition coefficient (Wildman–Crippen LogP) is 2.38. The summed E-state index contributed by atoms with van der Waals surface area (Å²) < 4.78 is 5.24. The highest BCUT2D eigenvalue weighted by molar-refractivity contribution is 5.94. The molecule has 0 aliphatic rings. The first kappa shape index (κ1) is 12.7. The van der Waals surface area contributed by atoms with Gasteiger partial charge in [0, 0.05) is 19.3 Å². The van der Waals surface area contributed by atoms with Gasteiger partial charge in [-0.05, 0) is 25.0 Å². The summed E-state index contributed by atoms with van der Waals surface area (Å²) in [5.41, 5.74) is 2.03. The fraction of sp³-hybridized carbons (Fsp3) is 0.462. The number of anilines is 1. The largest absolute Gasteiger partial charge is 0.372 e. The topological polar surface area (TPSA) is 29.5 Å². The molecule has 1 aromatic rings. The van der Waals surface area contributed by atoms with Crippen molar-refractivity contribution in [2.75, 3.05) is 25.2 Å². The molecule has 0 bridgehead atoms. The molecule has 0 saturated heterocycles. The first-order chi connectivity index (χ1) is 7.66. The van der Waals surface area contributed by atoms with Gasteiger partial charge in [-0.3, -0.25) is 4.79 Å². The number of hydrogen-bond donors (Lipinski definition) is 0. The van der Waals surface area contributed by atoms with Gasteiger partial charge in [-0.1, -0.05) is 25.1 Å². The van der Waals surface area contributed by atoms with Crippen LogP contribution in [0.5, 0.6) is 0 Å². The van der Waals surface area contributed by atoms with Gasteiger partial charge in [-0.2, -0.15) is 0 Å². The molecule has 0 atom stereocenters. The van der Waals surface area contributed by atoms with Crippen LogP contribution >= 0.6 is 0 Å². The van der Waals surface area contributed by atoms with Crippen molar-refractivity contribution >= 4 is 11.6 Å². The number of nitrogens with zero attached hydrogens (tertiary/aromatic N) is 1. The quantitative estimate of drug-likeness (QED) is 0.714. The van der Waals surface area contributed by atoms with Crippen LogP contribution < -0.4 is 4.90 Å². The summed E-state index contributed by atoms with van der Waals surface area (Å²) in [6.45, 7) is 4.80. The summed E-state index contributed by atoms with van der Waals surface area (Å²) in [7, 11) is 1.78. The zero-order valence-electron chi connectivity index (χ0n) is 10.2. The van der Waals surface area contributed by atoms with Crippen LogP contribution in [0.4, 0.5) is 5.69 Å². The van der Waals surface area contributed by atoms with E-state index in [1.54, 1.807) is 11.9 Å². The monoisotopic (exact) mass is 221 g/mol. The number of rotatable bonds is 5. The van der Waals surface area contributed by atoms with Crippen molar-refractivity contribution in [3.05, 3.63) is 29.8 Å². The van der Waals surface area contributed by atoms with Gasteiger partial charge >= 0.3 is 0 Å². The van der Waals surface area contributed by atoms with Crippen LogP contribution in [0.2, 0.25) is 0 Å². The van der Waals surface area contributed by atoms with Crippen LogP contribution in [-0.2, 0) is 9.53 Å². The Morgan fingerprint density at radius 3 is 2.69 bits per heavy atom. The van der Waals surface area contributed by atoms with E-state index >= 15 is 0 Å². The van der Waals surface area contributed by atoms with E-state index in [0.717, 1.165) is 17.7 Å². The molecule has 1 rings (SSSR count). The fourth-order valence-electron chi connectivity index (χ4n) is 1.47. The summed E-state index contributed by atoms with van der Waals surface area (Å²) >= 11 is 0. The third kappa shape index (κ3) is 3.35. The molecule has 0 aliphatic heterocycles. The van der Waals surface area contributed by atoms with E-state index < -0.39 is 0 Å². The van der Waals surface area contributed by atoms with Gasteiger partial charge in [-0.15, -0.1) is 0 Å². The minimum Gasteiger partial charge on any atom is -0.372 e. The van der Waals surface area contributed by atoms with Crippen LogP contribution in [0.1, 0.15) is 18.9 Å². The number of likely N-dealkylation sites (N-methyl/N-ethyl adjacent to an activating group) is 1. The van der Waals surface area contributed by atoms with E-state index in [4.69, 9.17) is 4.74 Å². The Morgan fingerprint density at radius 2 is 2.06 bits per heavy atom. The first-order valence-corrected chi connectivity index (χ1v) is 5.56. The van der Waals surface area contributed by atoms with Crippen LogP contribution in [0.25, 0.3) is 0 Å². The SMILES string of the molecule is CCCOCC(=O)N(C)c1ccccc1C. The number of para-hydroxylation sites is 1. The lowest BCUT2D eigenvalue weighted by Crippen LogP contribution is -2.30. The number of benzene rings is 1. The van der Waals surface area contributed by atoms with Crippen LogP contribution in [0, 0.1) is 6.92 Å². The van der Waals surface area contributed by atoms with Crippen LogP contribution in [0.15, 0.2) is 24.3 Å². The lowest BCUT2D eigenvalue weighted by atomic mass is 10.2. The molecule has 16 heavy (non-hydrogen) atoms. The number of aryl methyl sites for hydroxylation is 1. The summed E-state index contributed by atoms with van der Waals surface area (Å²) in [6.07, 6.45) is 0.932. The van der Waals surface area contributed by atoms with E-state index in [1.807, 2.05) is 38.1 Å². The molecule has 88 valence electrons. The van der Waals surface area contributed by atoms with Crippen molar-refractivity contribution in [2.24, 2.45) is 0 Å². The van der Waals surface area contributed by atoms with Crippen molar-refractivity contribution < 1.29 is 9.53 Å². The highest BCUT2D eigenvalue weighted by Gasteiger charge is 2.12. The molecule has 0 spiro atoms. The molecular formula is C13H19NO2. The molecule has 0 saturated carbocycles. The van der Waals surface area contributed by atoms with Crippen molar-refractivity contribution in [1.82, 2.24) is 0 Å². The minimum absolute atomic E-state index is 0.0113. The van der Waals surface area contributed by atoms with Crippen molar-refractivity contribution in [3.8, 4) is 0 Å². The van der Waals surface area contributed by atoms with Gasteiger partial charge in [0.15, 0.2) is 0 Å². The predicted molar refractivity (Wildman–Crippen MR) is 65.7 cm³/mol. The number of amides is 1. The molecular weight excluding hydrogens is 202 g/mol. The van der Waals surface area contributed by atoms with Crippen LogP contribution in [0.3, 0.4) is 0 Å². The van der Waals surface area contributed by atoms with Gasteiger partial charge in [0.05, 0.1) is 0 Å². The molecule has 0 aromatic heterocycles. The van der Waals surface area contributed by atoms with Gasteiger partial charge in [0.25, 0.3) is 5.91 Å². The summed E-state index contributed by atoms with van der Waals surface area (Å²) in [5, 5.41) is 0. The Morgan fingerprint density at radius 1 is 1.38 bits per heavy atom. The fourth-order valence-corrected chi connectivity index (χ4v) is 1.47. The Labute approximate surface area is 97.0 Å². The smallest absolute Gasteiger partial charge is 0.252 e. The zero-order valence-corrected chi connectivity index (χ0v) is 10.2. The maximum atomic E-state index is 11.8. The molecule has 0 heterocycles. The Kier molecular flexibility index (Phi) is 4.99. The second-order valence-electron chi connectivity index (χ2n) is 3.79. The van der Waals surface area contributed by atoms with E-state index in [-0.39, 0.29) is 12.5 Å². The summed E-state index contributed by atoms with van der Waals surface area (Å²) in [4.78, 5) is 13.4. The molecule has 0 fully saturated rings. The molecule has 0 unspecified atom stereocenters. The average Bonchev–Trinajstić information content (AvgIpc) is 2.29. The molecule has 1 aromatic carbocycles. The normalized spacial score (nSPS) is 10.2. The lowest BCUT2D eigenvalue weighted by Gasteiger charge is -2.19. The van der Waals surface area contributed by atoms with Crippen LogP contribution in [-0.4, -0.2) is 26.2 Å². The molecule has 1 amide bonds. The van der Waals surface area contributed by atoms with Crippen molar-refractivity contribution in [2.45, 2.75) is 20.3 Å².